The van der Waals surface area contributed by atoms with E-state index in [9.17, 15) is 0 Å². The number of nitrogens with one attached hydrogen (secondary N) is 2. The Morgan fingerprint density at radius 3 is 2.84 bits per heavy atom. The molecule has 2 aromatic heterocycles. The summed E-state index contributed by atoms with van der Waals surface area (Å²) in [5.41, 5.74) is 5.75. The van der Waals surface area contributed by atoms with Crippen LogP contribution in [-0.2, 0) is 6.42 Å². The molecule has 0 atom stereocenters. The van der Waals surface area contributed by atoms with Crippen LogP contribution in [0.2, 0.25) is 0 Å². The number of fused-ring (bicyclic) bond motifs is 1. The molecule has 0 saturated heterocycles. The zero-order chi connectivity index (χ0) is 13.2. The van der Waals surface area contributed by atoms with Gasteiger partial charge in [0.1, 0.15) is 5.65 Å². The SMILES string of the molecule is CCc1ccc(Nc2cnc3[nH]ccc3c2)cc1C. The van der Waals surface area contributed by atoms with E-state index in [0.29, 0.717) is 0 Å². The zero-order valence-corrected chi connectivity index (χ0v) is 11.2. The van der Waals surface area contributed by atoms with Gasteiger partial charge < -0.3 is 10.3 Å². The molecule has 3 rings (SSSR count). The van der Waals surface area contributed by atoms with Crippen LogP contribution in [-0.4, -0.2) is 9.97 Å². The monoisotopic (exact) mass is 251 g/mol. The smallest absolute Gasteiger partial charge is 0.137 e. The van der Waals surface area contributed by atoms with E-state index in [4.69, 9.17) is 0 Å². The van der Waals surface area contributed by atoms with E-state index in [1.54, 1.807) is 0 Å². The van der Waals surface area contributed by atoms with E-state index in [2.05, 4.69) is 53.4 Å². The molecule has 0 bridgehead atoms. The van der Waals surface area contributed by atoms with Crippen molar-refractivity contribution in [2.24, 2.45) is 0 Å². The third kappa shape index (κ3) is 2.32. The molecule has 19 heavy (non-hydrogen) atoms. The van der Waals surface area contributed by atoms with Gasteiger partial charge in [-0.2, -0.15) is 0 Å². The van der Waals surface area contributed by atoms with Gasteiger partial charge in [-0.05, 0) is 48.7 Å². The van der Waals surface area contributed by atoms with Crippen LogP contribution in [0, 0.1) is 6.92 Å². The Labute approximate surface area is 112 Å². The maximum absolute atomic E-state index is 4.38. The number of H-pyrrole nitrogens is 1. The summed E-state index contributed by atoms with van der Waals surface area (Å²) in [7, 11) is 0. The van der Waals surface area contributed by atoms with Gasteiger partial charge in [0.25, 0.3) is 0 Å². The maximum Gasteiger partial charge on any atom is 0.137 e. The summed E-state index contributed by atoms with van der Waals surface area (Å²) in [6.45, 7) is 4.33. The fourth-order valence-corrected chi connectivity index (χ4v) is 2.35. The number of anilines is 2. The Hall–Kier alpha value is -2.29. The summed E-state index contributed by atoms with van der Waals surface area (Å²) in [5, 5.41) is 4.52. The molecule has 3 aromatic rings. The summed E-state index contributed by atoms with van der Waals surface area (Å²) < 4.78 is 0. The van der Waals surface area contributed by atoms with Crippen LogP contribution < -0.4 is 5.32 Å². The van der Waals surface area contributed by atoms with Gasteiger partial charge >= 0.3 is 0 Å². The average molecular weight is 251 g/mol. The first-order chi connectivity index (χ1) is 9.26. The quantitative estimate of drug-likeness (QED) is 0.733. The van der Waals surface area contributed by atoms with Crippen molar-refractivity contribution in [2.45, 2.75) is 20.3 Å². The Balaban J connectivity index is 1.89. The number of hydrogen-bond donors (Lipinski definition) is 2. The lowest BCUT2D eigenvalue weighted by Crippen LogP contribution is -1.94. The van der Waals surface area contributed by atoms with Gasteiger partial charge in [-0.25, -0.2) is 4.98 Å². The highest BCUT2D eigenvalue weighted by Crippen LogP contribution is 2.22. The van der Waals surface area contributed by atoms with E-state index >= 15 is 0 Å². The fraction of sp³-hybridized carbons (Fsp3) is 0.188. The van der Waals surface area contributed by atoms with Crippen molar-refractivity contribution >= 4 is 22.4 Å². The van der Waals surface area contributed by atoms with E-state index in [0.717, 1.165) is 28.8 Å². The Bertz CT molecular complexity index is 713. The summed E-state index contributed by atoms with van der Waals surface area (Å²) in [6, 6.07) is 10.6. The number of hydrogen-bond acceptors (Lipinski definition) is 2. The molecular weight excluding hydrogens is 234 g/mol. The van der Waals surface area contributed by atoms with E-state index in [-0.39, 0.29) is 0 Å². The first kappa shape index (κ1) is 11.8. The highest BCUT2D eigenvalue weighted by molar-refractivity contribution is 5.80. The molecule has 1 aromatic carbocycles. The van der Waals surface area contributed by atoms with Crippen LogP contribution in [0.1, 0.15) is 18.1 Å². The fourth-order valence-electron chi connectivity index (χ4n) is 2.35. The first-order valence-corrected chi connectivity index (χ1v) is 6.56. The number of aromatic nitrogens is 2. The molecule has 0 saturated carbocycles. The van der Waals surface area contributed by atoms with Gasteiger partial charge in [-0.15, -0.1) is 0 Å². The predicted octanol–water partition coefficient (Wildman–Crippen LogP) is 4.18. The van der Waals surface area contributed by atoms with E-state index in [1.165, 1.54) is 11.1 Å². The van der Waals surface area contributed by atoms with Gasteiger partial charge in [0, 0.05) is 17.3 Å². The van der Waals surface area contributed by atoms with Gasteiger partial charge in [-0.1, -0.05) is 13.0 Å². The van der Waals surface area contributed by atoms with Crippen molar-refractivity contribution in [3.05, 3.63) is 53.9 Å². The molecule has 96 valence electrons. The molecule has 2 heterocycles. The van der Waals surface area contributed by atoms with E-state index in [1.807, 2.05) is 18.5 Å². The lowest BCUT2D eigenvalue weighted by molar-refractivity contribution is 1.11. The largest absolute Gasteiger partial charge is 0.354 e. The number of nitrogens with zero attached hydrogens (tertiary/aromatic N) is 1. The Kier molecular flexibility index (Phi) is 2.95. The summed E-state index contributed by atoms with van der Waals surface area (Å²) in [5.74, 6) is 0. The molecule has 0 spiro atoms. The van der Waals surface area contributed by atoms with Gasteiger partial charge in [0.2, 0.25) is 0 Å². The molecule has 2 N–H and O–H groups in total. The van der Waals surface area contributed by atoms with Crippen molar-refractivity contribution < 1.29 is 0 Å². The van der Waals surface area contributed by atoms with Crippen molar-refractivity contribution in [3.63, 3.8) is 0 Å². The second-order valence-electron chi connectivity index (χ2n) is 4.76. The van der Waals surface area contributed by atoms with Crippen LogP contribution in [0.3, 0.4) is 0 Å². The Morgan fingerprint density at radius 2 is 2.05 bits per heavy atom. The van der Waals surface area contributed by atoms with E-state index < -0.39 is 0 Å². The normalized spacial score (nSPS) is 10.8. The highest BCUT2D eigenvalue weighted by atomic mass is 14.9. The summed E-state index contributed by atoms with van der Waals surface area (Å²) >= 11 is 0. The molecule has 3 heteroatoms. The topological polar surface area (TPSA) is 40.7 Å². The van der Waals surface area contributed by atoms with Gasteiger partial charge in [0.15, 0.2) is 0 Å². The molecule has 0 fully saturated rings. The second kappa shape index (κ2) is 4.76. The summed E-state index contributed by atoms with van der Waals surface area (Å²) in [6.07, 6.45) is 4.83. The molecule has 0 radical (unpaired) electrons. The lowest BCUT2D eigenvalue weighted by Gasteiger charge is -2.09. The van der Waals surface area contributed by atoms with Crippen LogP contribution in [0.5, 0.6) is 0 Å². The highest BCUT2D eigenvalue weighted by Gasteiger charge is 2.01. The predicted molar refractivity (Wildman–Crippen MR) is 79.9 cm³/mol. The molecule has 0 aliphatic heterocycles. The van der Waals surface area contributed by atoms with Crippen LogP contribution in [0.15, 0.2) is 42.7 Å². The summed E-state index contributed by atoms with van der Waals surface area (Å²) in [4.78, 5) is 7.47. The van der Waals surface area contributed by atoms with Crippen LogP contribution in [0.4, 0.5) is 11.4 Å². The third-order valence-electron chi connectivity index (χ3n) is 3.41. The van der Waals surface area contributed by atoms with Gasteiger partial charge in [0.05, 0.1) is 11.9 Å². The number of benzene rings is 1. The minimum Gasteiger partial charge on any atom is -0.354 e. The van der Waals surface area contributed by atoms with Crippen molar-refractivity contribution in [3.8, 4) is 0 Å². The van der Waals surface area contributed by atoms with Crippen molar-refractivity contribution in [1.29, 1.82) is 0 Å². The first-order valence-electron chi connectivity index (χ1n) is 6.56. The Morgan fingerprint density at radius 1 is 1.16 bits per heavy atom. The standard InChI is InChI=1S/C16H17N3/c1-3-12-4-5-14(8-11(12)2)19-15-9-13-6-7-17-16(13)18-10-15/h4-10,19H,3H2,1-2H3,(H,17,18). The average Bonchev–Trinajstić information content (AvgIpc) is 2.86. The molecule has 0 unspecified atom stereocenters. The molecule has 0 aliphatic rings. The van der Waals surface area contributed by atoms with Crippen molar-refractivity contribution in [1.82, 2.24) is 9.97 Å². The number of rotatable bonds is 3. The zero-order valence-electron chi connectivity index (χ0n) is 11.2. The number of aryl methyl sites for hydroxylation is 2. The second-order valence-corrected chi connectivity index (χ2v) is 4.76. The minimum atomic E-state index is 0.920. The maximum atomic E-state index is 4.38. The number of pyridine rings is 1. The third-order valence-corrected chi connectivity index (χ3v) is 3.41. The minimum absolute atomic E-state index is 0.920. The molecule has 3 nitrogen and oxygen atoms in total. The molecule has 0 aliphatic carbocycles. The van der Waals surface area contributed by atoms with Crippen LogP contribution in [0.25, 0.3) is 11.0 Å². The molecular formula is C16H17N3. The molecule has 0 amide bonds. The van der Waals surface area contributed by atoms with Crippen molar-refractivity contribution in [2.75, 3.05) is 5.32 Å². The lowest BCUT2D eigenvalue weighted by atomic mass is 10.1. The van der Waals surface area contributed by atoms with Crippen LogP contribution >= 0.6 is 0 Å². The number of aromatic amines is 1. The van der Waals surface area contributed by atoms with Gasteiger partial charge in [-0.3, -0.25) is 0 Å².